The highest BCUT2D eigenvalue weighted by molar-refractivity contribution is 7.54. The van der Waals surface area contributed by atoms with E-state index in [-0.39, 0.29) is 19.0 Å². The van der Waals surface area contributed by atoms with Crippen molar-refractivity contribution in [1.29, 1.82) is 0 Å². The van der Waals surface area contributed by atoms with E-state index in [0.717, 1.165) is 0 Å². The van der Waals surface area contributed by atoms with E-state index >= 15 is 0 Å². The summed E-state index contributed by atoms with van der Waals surface area (Å²) in [5.41, 5.74) is 6.71. The van der Waals surface area contributed by atoms with Crippen LogP contribution in [0.3, 0.4) is 0 Å². The number of fused-ring (bicyclic) bond motifs is 1. The molecule has 240 valence electrons. The highest BCUT2D eigenvalue weighted by Gasteiger charge is 2.35. The summed E-state index contributed by atoms with van der Waals surface area (Å²) in [5, 5.41) is 15.6. The van der Waals surface area contributed by atoms with Gasteiger partial charge in [-0.1, -0.05) is 0 Å². The van der Waals surface area contributed by atoms with Crippen molar-refractivity contribution in [3.05, 3.63) is 24.8 Å². The van der Waals surface area contributed by atoms with Gasteiger partial charge in [-0.3, -0.25) is 13.6 Å². The fraction of sp³-hybridized carbons (Fsp3) is 0.522. The summed E-state index contributed by atoms with van der Waals surface area (Å²) in [4.78, 5) is 54.4. The third-order valence-corrected chi connectivity index (χ3v) is 6.39. The van der Waals surface area contributed by atoms with Gasteiger partial charge in [0.1, 0.15) is 11.8 Å². The SMILES string of the molecule is CC(C)OC(=O)OCOP(=O)(OCOC(=O)OC(C)C)[C@H](C)OCCn1cnc2c(N)ncnc21.O=C(O)/C=C/C(=O)O. The van der Waals surface area contributed by atoms with Gasteiger partial charge in [0.25, 0.3) is 0 Å². The molecule has 0 aliphatic heterocycles. The lowest BCUT2D eigenvalue weighted by molar-refractivity contribution is -0.134. The van der Waals surface area contributed by atoms with Gasteiger partial charge in [-0.05, 0) is 34.6 Å². The van der Waals surface area contributed by atoms with Crippen LogP contribution in [0, 0.1) is 0 Å². The zero-order valence-electron chi connectivity index (χ0n) is 24.0. The van der Waals surface area contributed by atoms with Crippen molar-refractivity contribution in [1.82, 2.24) is 19.5 Å². The molecule has 0 fully saturated rings. The monoisotopic (exact) mass is 635 g/mol. The van der Waals surface area contributed by atoms with E-state index in [0.29, 0.717) is 23.3 Å². The number of carboxylic acid groups (broad SMARTS) is 2. The van der Waals surface area contributed by atoms with Gasteiger partial charge in [0, 0.05) is 18.7 Å². The molecule has 0 aliphatic carbocycles. The molecule has 0 bridgehead atoms. The topological polar surface area (TPSA) is 260 Å². The van der Waals surface area contributed by atoms with E-state index in [1.165, 1.54) is 19.6 Å². The Bertz CT molecular complexity index is 1250. The molecule has 0 unspecified atom stereocenters. The number of carbonyl (C=O) groups is 4. The molecular formula is C23H34N5O14P. The van der Waals surface area contributed by atoms with Crippen LogP contribution in [0.2, 0.25) is 0 Å². The lowest BCUT2D eigenvalue weighted by Gasteiger charge is -2.24. The first-order valence-electron chi connectivity index (χ1n) is 12.4. The van der Waals surface area contributed by atoms with Gasteiger partial charge in [-0.25, -0.2) is 34.1 Å². The van der Waals surface area contributed by atoms with Crippen LogP contribution in [-0.2, 0) is 53.4 Å². The largest absolute Gasteiger partial charge is 0.510 e. The van der Waals surface area contributed by atoms with Gasteiger partial charge in [0.2, 0.25) is 13.6 Å². The molecule has 0 radical (unpaired) electrons. The molecule has 43 heavy (non-hydrogen) atoms. The number of rotatable bonds is 15. The van der Waals surface area contributed by atoms with Crippen LogP contribution in [0.1, 0.15) is 34.6 Å². The van der Waals surface area contributed by atoms with Gasteiger partial charge < -0.3 is 44.2 Å². The van der Waals surface area contributed by atoms with Gasteiger partial charge in [-0.15, -0.1) is 0 Å². The molecule has 2 aromatic rings. The molecule has 0 spiro atoms. The number of nitrogens with zero attached hydrogens (tertiary/aromatic N) is 4. The van der Waals surface area contributed by atoms with Crippen LogP contribution in [-0.4, -0.2) is 92.2 Å². The Morgan fingerprint density at radius 3 is 1.88 bits per heavy atom. The molecule has 0 aliphatic rings. The lowest BCUT2D eigenvalue weighted by atomic mass is 10.5. The first-order chi connectivity index (χ1) is 20.1. The van der Waals surface area contributed by atoms with Crippen molar-refractivity contribution in [3.8, 4) is 0 Å². The van der Waals surface area contributed by atoms with E-state index in [1.54, 1.807) is 32.3 Å². The maximum absolute atomic E-state index is 13.3. The van der Waals surface area contributed by atoms with Crippen LogP contribution in [0.5, 0.6) is 0 Å². The van der Waals surface area contributed by atoms with Crippen molar-refractivity contribution in [3.63, 3.8) is 0 Å². The molecule has 0 saturated carbocycles. The average Bonchev–Trinajstić information content (AvgIpc) is 3.31. The maximum atomic E-state index is 13.3. The Morgan fingerprint density at radius 1 is 0.907 bits per heavy atom. The van der Waals surface area contributed by atoms with Crippen molar-refractivity contribution in [2.45, 2.75) is 59.2 Å². The summed E-state index contributed by atoms with van der Waals surface area (Å²) in [6.45, 7) is 6.74. The summed E-state index contributed by atoms with van der Waals surface area (Å²) in [6, 6.07) is 0. The predicted octanol–water partition coefficient (Wildman–Crippen LogP) is 2.75. The van der Waals surface area contributed by atoms with Crippen molar-refractivity contribution < 1.29 is 66.7 Å². The number of nitrogen functional groups attached to an aromatic ring is 1. The predicted molar refractivity (Wildman–Crippen MR) is 144 cm³/mol. The molecule has 4 N–H and O–H groups in total. The minimum atomic E-state index is -4.11. The molecule has 0 amide bonds. The Balaban J connectivity index is 0.00000101. The lowest BCUT2D eigenvalue weighted by Crippen LogP contribution is -2.21. The number of nitrogens with two attached hydrogens (primary N) is 1. The number of aromatic nitrogens is 4. The number of carbonyl (C=O) groups excluding carboxylic acids is 2. The Kier molecular flexibility index (Phi) is 15.6. The number of aliphatic carboxylic acids is 2. The standard InChI is InChI=1S/C19H30N5O10P.C4H4O4/c1-12(2)33-18(25)29-10-31-35(27,32-11-30-19(26)34-13(3)4)14(5)28-7-6-24-9-23-15-16(20)21-8-22-17(15)24;5-3(6)1-2-4(7)8/h8-9,12-14H,6-7,10-11H2,1-5H3,(H2,20,21,22);1-2H,(H,5,6)(H,7,8)/b;2-1+/t14-;/m1./s1. The summed E-state index contributed by atoms with van der Waals surface area (Å²) in [6.07, 6.45) is 1.05. The van der Waals surface area contributed by atoms with Crippen LogP contribution in [0.4, 0.5) is 15.4 Å². The minimum Gasteiger partial charge on any atom is -0.478 e. The average molecular weight is 636 g/mol. The third-order valence-electron chi connectivity index (χ3n) is 4.42. The van der Waals surface area contributed by atoms with Crippen LogP contribution in [0.15, 0.2) is 24.8 Å². The van der Waals surface area contributed by atoms with E-state index < -0.39 is 63.5 Å². The minimum absolute atomic E-state index is 0.0414. The Morgan fingerprint density at radius 2 is 1.42 bits per heavy atom. The molecule has 19 nitrogen and oxygen atoms in total. The summed E-state index contributed by atoms with van der Waals surface area (Å²) in [5.74, 6) is -3.42. The number of carboxylic acids is 2. The van der Waals surface area contributed by atoms with Crippen molar-refractivity contribution in [2.75, 3.05) is 25.9 Å². The van der Waals surface area contributed by atoms with E-state index in [2.05, 4.69) is 15.0 Å². The quantitative estimate of drug-likeness (QED) is 0.110. The molecule has 2 heterocycles. The normalized spacial score (nSPS) is 12.1. The van der Waals surface area contributed by atoms with Crippen LogP contribution < -0.4 is 5.73 Å². The Hall–Kier alpha value is -4.32. The van der Waals surface area contributed by atoms with E-state index in [9.17, 15) is 23.7 Å². The zero-order valence-corrected chi connectivity index (χ0v) is 24.9. The second-order valence-electron chi connectivity index (χ2n) is 8.50. The number of ether oxygens (including phenoxy) is 5. The second-order valence-corrected chi connectivity index (χ2v) is 10.8. The number of imidazole rings is 1. The van der Waals surface area contributed by atoms with Crippen molar-refractivity contribution in [2.24, 2.45) is 0 Å². The van der Waals surface area contributed by atoms with Gasteiger partial charge >= 0.3 is 31.8 Å². The first kappa shape index (κ1) is 36.7. The highest BCUT2D eigenvalue weighted by Crippen LogP contribution is 2.53. The molecule has 2 aromatic heterocycles. The van der Waals surface area contributed by atoms with Gasteiger partial charge in [0.15, 0.2) is 17.3 Å². The fourth-order valence-electron chi connectivity index (χ4n) is 2.61. The zero-order chi connectivity index (χ0) is 32.6. The smallest absolute Gasteiger partial charge is 0.478 e. The molecule has 0 aromatic carbocycles. The number of hydrogen-bond donors (Lipinski definition) is 3. The Labute approximate surface area is 245 Å². The third kappa shape index (κ3) is 14.4. The highest BCUT2D eigenvalue weighted by atomic mass is 31.2. The molecule has 2 rings (SSSR count). The molecule has 0 saturated heterocycles. The van der Waals surface area contributed by atoms with Gasteiger partial charge in [-0.2, -0.15) is 0 Å². The fourth-order valence-corrected chi connectivity index (χ4v) is 3.80. The molecule has 1 atom stereocenters. The maximum Gasteiger partial charge on any atom is 0.510 e. The van der Waals surface area contributed by atoms with Crippen LogP contribution in [0.25, 0.3) is 11.2 Å². The van der Waals surface area contributed by atoms with Gasteiger partial charge in [0.05, 0.1) is 25.1 Å². The van der Waals surface area contributed by atoms with Crippen LogP contribution >= 0.6 is 7.60 Å². The van der Waals surface area contributed by atoms with E-state index in [1.807, 2.05) is 0 Å². The first-order valence-corrected chi connectivity index (χ1v) is 14.0. The number of hydrogen-bond acceptors (Lipinski definition) is 16. The number of anilines is 1. The summed E-state index contributed by atoms with van der Waals surface area (Å²) >= 11 is 0. The second kappa shape index (κ2) is 18.3. The molecule has 20 heteroatoms. The van der Waals surface area contributed by atoms with E-state index in [4.69, 9.17) is 48.7 Å². The summed E-state index contributed by atoms with van der Waals surface area (Å²) in [7, 11) is -4.11. The molecular weight excluding hydrogens is 601 g/mol. The summed E-state index contributed by atoms with van der Waals surface area (Å²) < 4.78 is 50.0. The van der Waals surface area contributed by atoms with Crippen molar-refractivity contribution >= 4 is 48.8 Å².